The fourth-order valence-corrected chi connectivity index (χ4v) is 5.12. The third-order valence-corrected chi connectivity index (χ3v) is 7.27. The van der Waals surface area contributed by atoms with E-state index in [1.54, 1.807) is 0 Å². The molecule has 0 spiro atoms. The van der Waals surface area contributed by atoms with Gasteiger partial charge in [-0.3, -0.25) is 9.69 Å². The molecule has 3 N–H and O–H groups in total. The van der Waals surface area contributed by atoms with Crippen LogP contribution in [0.15, 0.2) is 60.2 Å². The smallest absolute Gasteiger partial charge is 0.287 e. The zero-order valence-corrected chi connectivity index (χ0v) is 22.8. The molecule has 2 saturated heterocycles. The second kappa shape index (κ2) is 15.0. The predicted molar refractivity (Wildman–Crippen MR) is 154 cm³/mol. The highest BCUT2D eigenvalue weighted by Crippen LogP contribution is 2.19. The summed E-state index contributed by atoms with van der Waals surface area (Å²) in [6.45, 7) is 10.0. The van der Waals surface area contributed by atoms with Gasteiger partial charge in [0.15, 0.2) is 5.82 Å². The third-order valence-electron chi connectivity index (χ3n) is 7.27. The molecule has 0 bridgehead atoms. The Morgan fingerprint density at radius 3 is 2.61 bits per heavy atom. The summed E-state index contributed by atoms with van der Waals surface area (Å²) >= 11 is 0. The highest BCUT2D eigenvalue weighted by Gasteiger charge is 2.24. The molecule has 1 unspecified atom stereocenters. The fraction of sp³-hybridized carbons (Fsp3) is 0.533. The maximum absolute atomic E-state index is 13.1. The molecule has 206 valence electrons. The molecule has 3 heterocycles. The Kier molecular flexibility index (Phi) is 11.1. The number of carbonyl (C=O) groups excluding carboxylic acids is 1. The van der Waals surface area contributed by atoms with E-state index in [-0.39, 0.29) is 12.5 Å². The van der Waals surface area contributed by atoms with Gasteiger partial charge in [0, 0.05) is 32.7 Å². The van der Waals surface area contributed by atoms with E-state index in [1.807, 2.05) is 39.8 Å². The summed E-state index contributed by atoms with van der Waals surface area (Å²) < 4.78 is 1.95. The summed E-state index contributed by atoms with van der Waals surface area (Å²) in [6.07, 6.45) is 16.0. The molecule has 2 fully saturated rings. The Hall–Kier alpha value is -2.78. The van der Waals surface area contributed by atoms with Crippen LogP contribution in [0.4, 0.5) is 0 Å². The molecule has 1 aliphatic carbocycles. The summed E-state index contributed by atoms with van der Waals surface area (Å²) in [4.78, 5) is 22.1. The predicted octanol–water partition coefficient (Wildman–Crippen LogP) is 3.31. The second-order valence-corrected chi connectivity index (χ2v) is 10.2. The summed E-state index contributed by atoms with van der Waals surface area (Å²) in [6, 6.07) is 7.79. The number of imidazole rings is 1. The number of hydrogen-bond acceptors (Lipinski definition) is 6. The van der Waals surface area contributed by atoms with Crippen LogP contribution in [0, 0.1) is 0 Å². The lowest BCUT2D eigenvalue weighted by atomic mass is 10.2. The van der Waals surface area contributed by atoms with Gasteiger partial charge in [-0.25, -0.2) is 4.98 Å². The molecule has 1 aromatic heterocycles. The first-order valence-electron chi connectivity index (χ1n) is 14.3. The lowest BCUT2D eigenvalue weighted by molar-refractivity contribution is -0.0229. The number of benzene rings is 1. The standard InChI is InChI=1S/C25H33N5O2.C5H11N/c1-2-13-28-14-16-29(17-15-28)23(31)18-26-25(32)24-27-21-11-7-8-12-22(21)30(24)19-20-9-5-3-4-6-10-20;1-2-4-6-5-3-1/h3,5-12,23,31H,2,4,13-19H2,1H3,(H,26,32);6H,1-5H2. The monoisotopic (exact) mass is 520 g/mol. The molecule has 38 heavy (non-hydrogen) atoms. The highest BCUT2D eigenvalue weighted by molar-refractivity contribution is 5.95. The zero-order valence-electron chi connectivity index (χ0n) is 22.8. The van der Waals surface area contributed by atoms with E-state index < -0.39 is 6.23 Å². The number of piperazine rings is 1. The molecule has 2 aliphatic heterocycles. The van der Waals surface area contributed by atoms with Crippen LogP contribution in [0.25, 0.3) is 11.0 Å². The summed E-state index contributed by atoms with van der Waals surface area (Å²) in [5, 5.41) is 16.8. The Morgan fingerprint density at radius 2 is 1.89 bits per heavy atom. The van der Waals surface area contributed by atoms with Gasteiger partial charge in [-0.05, 0) is 63.0 Å². The van der Waals surface area contributed by atoms with Gasteiger partial charge in [-0.1, -0.05) is 55.9 Å². The molecular weight excluding hydrogens is 476 g/mol. The largest absolute Gasteiger partial charge is 0.377 e. The van der Waals surface area contributed by atoms with Gasteiger partial charge in [0.2, 0.25) is 0 Å². The van der Waals surface area contributed by atoms with Crippen molar-refractivity contribution >= 4 is 16.9 Å². The molecule has 0 saturated carbocycles. The molecular formula is C30H44N6O2. The number of aliphatic hydroxyl groups excluding tert-OH is 1. The zero-order chi connectivity index (χ0) is 26.6. The van der Waals surface area contributed by atoms with Crippen LogP contribution in [-0.4, -0.2) is 89.0 Å². The number of carbonyl (C=O) groups is 1. The fourth-order valence-electron chi connectivity index (χ4n) is 5.12. The van der Waals surface area contributed by atoms with E-state index in [4.69, 9.17) is 0 Å². The molecule has 3 aliphatic rings. The lowest BCUT2D eigenvalue weighted by Gasteiger charge is -2.37. The summed E-state index contributed by atoms with van der Waals surface area (Å²) in [5.41, 5.74) is 2.83. The number of rotatable bonds is 8. The van der Waals surface area contributed by atoms with Crippen LogP contribution in [0.2, 0.25) is 0 Å². The Balaban J connectivity index is 0.000000494. The van der Waals surface area contributed by atoms with Crippen molar-refractivity contribution in [3.63, 3.8) is 0 Å². The van der Waals surface area contributed by atoms with E-state index in [9.17, 15) is 9.90 Å². The quantitative estimate of drug-likeness (QED) is 0.495. The highest BCUT2D eigenvalue weighted by atomic mass is 16.3. The second-order valence-electron chi connectivity index (χ2n) is 10.2. The van der Waals surface area contributed by atoms with E-state index in [1.165, 1.54) is 32.4 Å². The molecule has 8 nitrogen and oxygen atoms in total. The van der Waals surface area contributed by atoms with E-state index in [2.05, 4.69) is 51.7 Å². The molecule has 2 aromatic rings. The van der Waals surface area contributed by atoms with Gasteiger partial charge < -0.3 is 25.2 Å². The van der Waals surface area contributed by atoms with Crippen molar-refractivity contribution in [1.29, 1.82) is 0 Å². The van der Waals surface area contributed by atoms with Crippen molar-refractivity contribution in [3.8, 4) is 0 Å². The molecule has 1 atom stereocenters. The van der Waals surface area contributed by atoms with Crippen molar-refractivity contribution in [1.82, 2.24) is 30.0 Å². The first kappa shape index (κ1) is 28.2. The minimum absolute atomic E-state index is 0.182. The van der Waals surface area contributed by atoms with Crippen LogP contribution in [0.3, 0.4) is 0 Å². The first-order valence-corrected chi connectivity index (χ1v) is 14.3. The Bertz CT molecular complexity index is 1100. The number of para-hydroxylation sites is 2. The molecule has 1 amide bonds. The number of nitrogens with one attached hydrogen (secondary N) is 2. The van der Waals surface area contributed by atoms with Crippen molar-refractivity contribution in [3.05, 3.63) is 66.0 Å². The number of aromatic nitrogens is 2. The number of nitrogens with zero attached hydrogens (tertiary/aromatic N) is 4. The van der Waals surface area contributed by atoms with Gasteiger partial charge in [-0.15, -0.1) is 0 Å². The number of amides is 1. The normalized spacial score (nSPS) is 19.4. The van der Waals surface area contributed by atoms with Crippen LogP contribution < -0.4 is 10.6 Å². The summed E-state index contributed by atoms with van der Waals surface area (Å²) in [5.74, 6) is 0.104. The van der Waals surface area contributed by atoms with E-state index >= 15 is 0 Å². The number of aliphatic hydroxyl groups is 1. The van der Waals surface area contributed by atoms with Crippen LogP contribution in [0.5, 0.6) is 0 Å². The van der Waals surface area contributed by atoms with Gasteiger partial charge >= 0.3 is 0 Å². The van der Waals surface area contributed by atoms with Gasteiger partial charge in [0.1, 0.15) is 6.23 Å². The third kappa shape index (κ3) is 8.11. The Morgan fingerprint density at radius 1 is 1.11 bits per heavy atom. The van der Waals surface area contributed by atoms with Gasteiger partial charge in [-0.2, -0.15) is 0 Å². The topological polar surface area (TPSA) is 85.7 Å². The number of hydrogen-bond donors (Lipinski definition) is 3. The molecule has 8 heteroatoms. The number of fused-ring (bicyclic) bond motifs is 1. The Labute approximate surface area is 227 Å². The molecule has 0 radical (unpaired) electrons. The van der Waals surface area contributed by atoms with Crippen LogP contribution in [-0.2, 0) is 6.54 Å². The van der Waals surface area contributed by atoms with Crippen molar-refractivity contribution in [2.75, 3.05) is 52.4 Å². The van der Waals surface area contributed by atoms with Crippen molar-refractivity contribution < 1.29 is 9.90 Å². The number of piperidine rings is 1. The minimum atomic E-state index is -0.696. The van der Waals surface area contributed by atoms with Crippen LogP contribution >= 0.6 is 0 Å². The summed E-state index contributed by atoms with van der Waals surface area (Å²) in [7, 11) is 0. The average molecular weight is 521 g/mol. The van der Waals surface area contributed by atoms with Gasteiger partial charge in [0.25, 0.3) is 5.91 Å². The van der Waals surface area contributed by atoms with Crippen LogP contribution in [0.1, 0.15) is 49.6 Å². The van der Waals surface area contributed by atoms with E-state index in [0.717, 1.165) is 62.2 Å². The van der Waals surface area contributed by atoms with Gasteiger partial charge in [0.05, 0.1) is 17.6 Å². The SMILES string of the molecule is C1CCNCC1.CCCN1CCN(C(O)CNC(=O)c2nc3ccccc3n2CC2=CC=CCC=C2)CC1. The molecule has 1 aromatic carbocycles. The average Bonchev–Trinajstić information content (AvgIpc) is 3.12. The maximum Gasteiger partial charge on any atom is 0.287 e. The number of allylic oxidation sites excluding steroid dienone is 6. The van der Waals surface area contributed by atoms with E-state index in [0.29, 0.717) is 12.4 Å². The molecule has 5 rings (SSSR count). The van der Waals surface area contributed by atoms with Crippen molar-refractivity contribution in [2.24, 2.45) is 0 Å². The van der Waals surface area contributed by atoms with Crippen molar-refractivity contribution in [2.45, 2.75) is 51.8 Å². The maximum atomic E-state index is 13.1. The lowest BCUT2D eigenvalue weighted by Crippen LogP contribution is -2.53. The first-order chi connectivity index (χ1) is 18.7. The minimum Gasteiger partial charge on any atom is -0.377 e.